The second-order valence-corrected chi connectivity index (χ2v) is 6.43. The summed E-state index contributed by atoms with van der Waals surface area (Å²) in [6.45, 7) is 0. The number of methoxy groups -OCH3 is 2. The fourth-order valence-corrected chi connectivity index (χ4v) is 3.62. The van der Waals surface area contributed by atoms with E-state index in [0.29, 0.717) is 0 Å². The molecule has 0 bridgehead atoms. The van der Waals surface area contributed by atoms with Crippen LogP contribution < -0.4 is 10.1 Å². The first-order valence-electron chi connectivity index (χ1n) is 8.62. The predicted octanol–water partition coefficient (Wildman–Crippen LogP) is 4.53. The number of anilines is 1. The van der Waals surface area contributed by atoms with Crippen LogP contribution >= 0.6 is 0 Å². The summed E-state index contributed by atoms with van der Waals surface area (Å²) in [5.41, 5.74) is 0.0921. The zero-order valence-corrected chi connectivity index (χ0v) is 14.4. The van der Waals surface area contributed by atoms with Crippen LogP contribution in [-0.2, 0) is 9.53 Å². The summed E-state index contributed by atoms with van der Waals surface area (Å²) in [6, 6.07) is 11.7. The van der Waals surface area contributed by atoms with Crippen molar-refractivity contribution in [3.63, 3.8) is 0 Å². The van der Waals surface area contributed by atoms with E-state index in [1.165, 1.54) is 12.8 Å². The van der Waals surface area contributed by atoms with Crippen LogP contribution in [-0.4, -0.2) is 25.7 Å². The van der Waals surface area contributed by atoms with Gasteiger partial charge in [-0.05, 0) is 25.0 Å². The molecule has 3 rings (SSSR count). The van der Waals surface area contributed by atoms with Crippen molar-refractivity contribution >= 4 is 22.4 Å². The van der Waals surface area contributed by atoms with Crippen molar-refractivity contribution in [1.29, 1.82) is 0 Å². The minimum absolute atomic E-state index is 0.0396. The van der Waals surface area contributed by atoms with Gasteiger partial charge in [0.05, 0.1) is 7.11 Å². The molecular formula is C20H25NO3. The van der Waals surface area contributed by atoms with E-state index in [0.717, 1.165) is 47.9 Å². The van der Waals surface area contributed by atoms with E-state index in [-0.39, 0.29) is 5.91 Å². The van der Waals surface area contributed by atoms with E-state index < -0.39 is 5.60 Å². The van der Waals surface area contributed by atoms with Gasteiger partial charge in [-0.15, -0.1) is 0 Å². The van der Waals surface area contributed by atoms with Crippen molar-refractivity contribution in [2.24, 2.45) is 0 Å². The standard InChI is InChI=1S/C20H25NO3/c1-23-18-12-11-17(15-9-5-6-10-16(15)18)21-19(22)20(24-2)13-7-3-4-8-14-20/h5-6,9-12H,3-4,7-8,13-14H2,1-2H3,(H,21,22). The van der Waals surface area contributed by atoms with Gasteiger partial charge in [0, 0.05) is 23.6 Å². The van der Waals surface area contributed by atoms with E-state index in [9.17, 15) is 4.79 Å². The molecule has 0 radical (unpaired) electrons. The molecule has 0 aliphatic heterocycles. The maximum Gasteiger partial charge on any atom is 0.256 e. The van der Waals surface area contributed by atoms with E-state index in [1.807, 2.05) is 36.4 Å². The maximum absolute atomic E-state index is 13.0. The average molecular weight is 327 g/mol. The first-order valence-corrected chi connectivity index (χ1v) is 8.62. The molecule has 4 nitrogen and oxygen atoms in total. The summed E-state index contributed by atoms with van der Waals surface area (Å²) in [5.74, 6) is 0.766. The molecule has 24 heavy (non-hydrogen) atoms. The zero-order valence-electron chi connectivity index (χ0n) is 14.4. The molecule has 0 aromatic heterocycles. The van der Waals surface area contributed by atoms with Crippen LogP contribution in [0.1, 0.15) is 38.5 Å². The van der Waals surface area contributed by atoms with Gasteiger partial charge < -0.3 is 14.8 Å². The van der Waals surface area contributed by atoms with Gasteiger partial charge >= 0.3 is 0 Å². The van der Waals surface area contributed by atoms with Crippen LogP contribution in [0.15, 0.2) is 36.4 Å². The molecule has 1 aliphatic carbocycles. The molecule has 0 spiro atoms. The molecule has 2 aromatic carbocycles. The average Bonchev–Trinajstić information content (AvgIpc) is 2.88. The Morgan fingerprint density at radius 3 is 2.25 bits per heavy atom. The van der Waals surface area contributed by atoms with Crippen LogP contribution in [0.4, 0.5) is 5.69 Å². The number of nitrogens with one attached hydrogen (secondary N) is 1. The van der Waals surface area contributed by atoms with Crippen LogP contribution in [0.25, 0.3) is 10.8 Å². The highest BCUT2D eigenvalue weighted by Gasteiger charge is 2.38. The summed E-state index contributed by atoms with van der Waals surface area (Å²) in [6.07, 6.45) is 5.97. The van der Waals surface area contributed by atoms with Crippen molar-refractivity contribution in [2.75, 3.05) is 19.5 Å². The molecular weight excluding hydrogens is 302 g/mol. The maximum atomic E-state index is 13.0. The number of carbonyl (C=O) groups excluding carboxylic acids is 1. The van der Waals surface area contributed by atoms with Crippen LogP contribution in [0.3, 0.4) is 0 Å². The van der Waals surface area contributed by atoms with Gasteiger partial charge in [-0.2, -0.15) is 0 Å². The highest BCUT2D eigenvalue weighted by molar-refractivity contribution is 6.06. The Bertz CT molecular complexity index is 718. The second kappa shape index (κ2) is 7.22. The number of hydrogen-bond acceptors (Lipinski definition) is 3. The van der Waals surface area contributed by atoms with Gasteiger partial charge in [-0.1, -0.05) is 49.9 Å². The van der Waals surface area contributed by atoms with Crippen LogP contribution in [0.5, 0.6) is 5.75 Å². The topological polar surface area (TPSA) is 47.6 Å². The molecule has 0 atom stereocenters. The molecule has 1 saturated carbocycles. The second-order valence-electron chi connectivity index (χ2n) is 6.43. The van der Waals surface area contributed by atoms with Gasteiger partial charge in [-0.3, -0.25) is 4.79 Å². The molecule has 128 valence electrons. The largest absolute Gasteiger partial charge is 0.496 e. The number of hydrogen-bond donors (Lipinski definition) is 1. The molecule has 1 N–H and O–H groups in total. The zero-order chi connectivity index (χ0) is 17.0. The van der Waals surface area contributed by atoms with Crippen molar-refractivity contribution in [3.05, 3.63) is 36.4 Å². The number of amides is 1. The fourth-order valence-electron chi connectivity index (χ4n) is 3.62. The Kier molecular flexibility index (Phi) is 5.05. The van der Waals surface area contributed by atoms with Gasteiger partial charge in [0.25, 0.3) is 5.91 Å². The first kappa shape index (κ1) is 16.8. The third-order valence-electron chi connectivity index (χ3n) is 5.07. The molecule has 0 heterocycles. The Morgan fingerprint density at radius 2 is 1.62 bits per heavy atom. The molecule has 2 aromatic rings. The van der Waals surface area contributed by atoms with E-state index >= 15 is 0 Å². The van der Waals surface area contributed by atoms with Crippen molar-refractivity contribution in [3.8, 4) is 5.75 Å². The Morgan fingerprint density at radius 1 is 0.958 bits per heavy atom. The number of ether oxygens (including phenoxy) is 2. The summed E-state index contributed by atoms with van der Waals surface area (Å²) < 4.78 is 11.1. The third-order valence-corrected chi connectivity index (χ3v) is 5.07. The SMILES string of the molecule is COc1ccc(NC(=O)C2(OC)CCCCCC2)c2ccccc12. The minimum Gasteiger partial charge on any atom is -0.496 e. The summed E-state index contributed by atoms with van der Waals surface area (Å²) in [4.78, 5) is 13.0. The first-order chi connectivity index (χ1) is 11.7. The highest BCUT2D eigenvalue weighted by atomic mass is 16.5. The van der Waals surface area contributed by atoms with Gasteiger partial charge in [-0.25, -0.2) is 0 Å². The Labute approximate surface area is 143 Å². The lowest BCUT2D eigenvalue weighted by Gasteiger charge is -2.30. The lowest BCUT2D eigenvalue weighted by Crippen LogP contribution is -2.44. The molecule has 1 fully saturated rings. The molecule has 4 heteroatoms. The van der Waals surface area contributed by atoms with Crippen LogP contribution in [0.2, 0.25) is 0 Å². The summed E-state index contributed by atoms with van der Waals surface area (Å²) in [7, 11) is 3.31. The molecule has 1 aliphatic rings. The summed E-state index contributed by atoms with van der Waals surface area (Å²) >= 11 is 0. The van der Waals surface area contributed by atoms with Crippen molar-refractivity contribution < 1.29 is 14.3 Å². The van der Waals surface area contributed by atoms with E-state index in [2.05, 4.69) is 5.32 Å². The smallest absolute Gasteiger partial charge is 0.256 e. The Hall–Kier alpha value is -2.07. The molecule has 0 unspecified atom stereocenters. The fraction of sp³-hybridized carbons (Fsp3) is 0.450. The highest BCUT2D eigenvalue weighted by Crippen LogP contribution is 2.34. The lowest BCUT2D eigenvalue weighted by atomic mass is 9.92. The number of rotatable bonds is 4. The Balaban J connectivity index is 1.93. The van der Waals surface area contributed by atoms with E-state index in [4.69, 9.17) is 9.47 Å². The number of carbonyl (C=O) groups is 1. The van der Waals surface area contributed by atoms with Crippen molar-refractivity contribution in [2.45, 2.75) is 44.1 Å². The normalized spacial score (nSPS) is 17.2. The molecule has 0 saturated heterocycles. The summed E-state index contributed by atoms with van der Waals surface area (Å²) in [5, 5.41) is 5.07. The molecule has 1 amide bonds. The van der Waals surface area contributed by atoms with Crippen molar-refractivity contribution in [1.82, 2.24) is 0 Å². The van der Waals surface area contributed by atoms with E-state index in [1.54, 1.807) is 14.2 Å². The number of benzene rings is 2. The number of fused-ring (bicyclic) bond motifs is 1. The van der Waals surface area contributed by atoms with Gasteiger partial charge in [0.1, 0.15) is 11.4 Å². The van der Waals surface area contributed by atoms with Gasteiger partial charge in [0.15, 0.2) is 0 Å². The predicted molar refractivity (Wildman–Crippen MR) is 96.6 cm³/mol. The minimum atomic E-state index is -0.711. The van der Waals surface area contributed by atoms with Crippen LogP contribution in [0, 0.1) is 0 Å². The quantitative estimate of drug-likeness (QED) is 0.840. The lowest BCUT2D eigenvalue weighted by molar-refractivity contribution is -0.139. The monoisotopic (exact) mass is 327 g/mol. The third kappa shape index (κ3) is 3.11. The van der Waals surface area contributed by atoms with Gasteiger partial charge in [0.2, 0.25) is 0 Å².